The van der Waals surface area contributed by atoms with Gasteiger partial charge in [0.15, 0.2) is 17.0 Å². The Morgan fingerprint density at radius 2 is 2.06 bits per heavy atom. The molecule has 1 amide bonds. The van der Waals surface area contributed by atoms with Gasteiger partial charge >= 0.3 is 0 Å². The number of anilines is 1. The number of carbonyl (C=O) groups excluding carboxylic acids is 1. The number of H-pyrrole nitrogens is 1. The summed E-state index contributed by atoms with van der Waals surface area (Å²) in [5.41, 5.74) is 7.61. The zero-order valence-electron chi connectivity index (χ0n) is 18.9. The summed E-state index contributed by atoms with van der Waals surface area (Å²) in [6, 6.07) is 3.82. The number of ether oxygens (including phenoxy) is 2. The van der Waals surface area contributed by atoms with E-state index in [9.17, 15) is 9.18 Å². The van der Waals surface area contributed by atoms with Gasteiger partial charge < -0.3 is 25.1 Å². The van der Waals surface area contributed by atoms with Crippen LogP contribution in [0.25, 0.3) is 11.2 Å². The van der Waals surface area contributed by atoms with Crippen molar-refractivity contribution in [3.8, 4) is 11.5 Å². The Morgan fingerprint density at radius 1 is 1.31 bits per heavy atom. The maximum Gasteiger partial charge on any atom is 0.294 e. The zero-order chi connectivity index (χ0) is 24.1. The minimum atomic E-state index is -0.930. The Hall–Kier alpha value is -2.60. The van der Waals surface area contributed by atoms with Crippen LogP contribution in [-0.2, 0) is 11.3 Å². The van der Waals surface area contributed by atoms with Gasteiger partial charge in [-0.2, -0.15) is 0 Å². The molecule has 2 fully saturated rings. The number of imidazole rings is 1. The lowest BCUT2D eigenvalue weighted by atomic mass is 9.93. The molecule has 0 spiro atoms. The van der Waals surface area contributed by atoms with Crippen LogP contribution in [0.1, 0.15) is 25.7 Å². The summed E-state index contributed by atoms with van der Waals surface area (Å²) in [7, 11) is 0. The number of benzene rings is 1. The van der Waals surface area contributed by atoms with Crippen LogP contribution in [0.15, 0.2) is 33.0 Å². The largest absolute Gasteiger partial charge is 0.454 e. The highest BCUT2D eigenvalue weighted by molar-refractivity contribution is 9.10. The van der Waals surface area contributed by atoms with Crippen LogP contribution >= 0.6 is 27.7 Å². The van der Waals surface area contributed by atoms with E-state index in [0.29, 0.717) is 53.4 Å². The molecule has 0 bridgehead atoms. The molecule has 4 heterocycles. The summed E-state index contributed by atoms with van der Waals surface area (Å²) in [6.07, 6.45) is 4.01. The maximum atomic E-state index is 13.2. The van der Waals surface area contributed by atoms with Crippen LogP contribution in [0.4, 0.5) is 10.2 Å². The first-order valence-electron chi connectivity index (χ1n) is 11.7. The molecule has 1 aromatic carbocycles. The number of fused-ring (bicyclic) bond motifs is 2. The van der Waals surface area contributed by atoms with E-state index < -0.39 is 6.17 Å². The van der Waals surface area contributed by atoms with Gasteiger partial charge in [0, 0.05) is 22.5 Å². The van der Waals surface area contributed by atoms with Crippen molar-refractivity contribution in [2.45, 2.75) is 48.5 Å². The number of halogens is 2. The molecule has 2 aromatic heterocycles. The number of nitrogens with one attached hydrogen (secondary N) is 1. The van der Waals surface area contributed by atoms with Gasteiger partial charge in [0.25, 0.3) is 5.65 Å². The zero-order valence-corrected chi connectivity index (χ0v) is 21.3. The predicted molar refractivity (Wildman–Crippen MR) is 130 cm³/mol. The molecule has 2 atom stereocenters. The number of piperidine rings is 1. The predicted octanol–water partition coefficient (Wildman–Crippen LogP) is 3.46. The van der Waals surface area contributed by atoms with Crippen LogP contribution in [0.3, 0.4) is 0 Å². The Labute approximate surface area is 213 Å². The fourth-order valence-corrected chi connectivity index (χ4v) is 6.07. The minimum absolute atomic E-state index is 0.00887. The van der Waals surface area contributed by atoms with Crippen molar-refractivity contribution in [1.29, 1.82) is 0 Å². The summed E-state index contributed by atoms with van der Waals surface area (Å²) in [5.74, 6) is 1.92. The van der Waals surface area contributed by atoms with Crippen LogP contribution in [0.5, 0.6) is 11.5 Å². The molecule has 12 heteroatoms. The van der Waals surface area contributed by atoms with E-state index in [-0.39, 0.29) is 18.6 Å². The molecular formula is C23H25BrFN6O3S+. The molecule has 3 aromatic rings. The minimum Gasteiger partial charge on any atom is -0.454 e. The highest BCUT2D eigenvalue weighted by Gasteiger charge is 2.46. The van der Waals surface area contributed by atoms with Gasteiger partial charge in [0.1, 0.15) is 6.17 Å². The molecule has 184 valence electrons. The molecule has 1 aliphatic carbocycles. The summed E-state index contributed by atoms with van der Waals surface area (Å²) < 4.78 is 27.1. The highest BCUT2D eigenvalue weighted by Crippen LogP contribution is 2.42. The van der Waals surface area contributed by atoms with Crippen LogP contribution in [0.2, 0.25) is 0 Å². The Bertz CT molecular complexity index is 1300. The molecule has 6 rings (SSSR count). The van der Waals surface area contributed by atoms with Gasteiger partial charge in [-0.15, -0.1) is 0 Å². The second-order valence-electron chi connectivity index (χ2n) is 9.22. The summed E-state index contributed by atoms with van der Waals surface area (Å²) in [6.45, 7) is 2.39. The molecule has 0 radical (unpaired) electrons. The van der Waals surface area contributed by atoms with E-state index in [0.717, 1.165) is 40.8 Å². The van der Waals surface area contributed by atoms with Crippen molar-refractivity contribution in [1.82, 2.24) is 19.9 Å². The first-order chi connectivity index (χ1) is 17.0. The number of aryl methyl sites for hydroxylation is 1. The highest BCUT2D eigenvalue weighted by atomic mass is 79.9. The fraction of sp³-hybridized carbons (Fsp3) is 0.478. The van der Waals surface area contributed by atoms with E-state index in [4.69, 9.17) is 20.2 Å². The van der Waals surface area contributed by atoms with Gasteiger partial charge in [0.05, 0.1) is 12.5 Å². The van der Waals surface area contributed by atoms with Crippen molar-refractivity contribution >= 4 is 50.6 Å². The van der Waals surface area contributed by atoms with Crippen LogP contribution < -0.4 is 19.8 Å². The smallest absolute Gasteiger partial charge is 0.294 e. The van der Waals surface area contributed by atoms with E-state index in [1.54, 1.807) is 6.33 Å². The van der Waals surface area contributed by atoms with Gasteiger partial charge in [-0.3, -0.25) is 4.79 Å². The molecule has 3 N–H and O–H groups in total. The fourth-order valence-electron chi connectivity index (χ4n) is 4.69. The van der Waals surface area contributed by atoms with Gasteiger partial charge in [-0.25, -0.2) is 8.96 Å². The molecule has 1 saturated heterocycles. The number of carbonyl (C=O) groups is 1. The van der Waals surface area contributed by atoms with Crippen molar-refractivity contribution in [2.24, 2.45) is 11.8 Å². The number of aromatic amines is 1. The SMILES string of the molecule is Nc1nc[n+](CCC2CCN(C(=O)[C@H]3C[C@@H]3F)CC2)c2nc(Sc3cc4c(cc3Br)OCO4)[nH]c12. The third kappa shape index (κ3) is 4.53. The van der Waals surface area contributed by atoms with Crippen molar-refractivity contribution in [2.75, 3.05) is 25.6 Å². The van der Waals surface area contributed by atoms with Crippen molar-refractivity contribution in [3.63, 3.8) is 0 Å². The van der Waals surface area contributed by atoms with Gasteiger partial charge in [-0.1, -0.05) is 9.97 Å². The molecule has 0 unspecified atom stereocenters. The number of alkyl halides is 1. The lowest BCUT2D eigenvalue weighted by molar-refractivity contribution is -0.677. The van der Waals surface area contributed by atoms with E-state index in [1.165, 1.54) is 11.8 Å². The second kappa shape index (κ2) is 9.12. The average molecular weight is 564 g/mol. The van der Waals surface area contributed by atoms with Crippen LogP contribution in [0, 0.1) is 11.8 Å². The van der Waals surface area contributed by atoms with Crippen molar-refractivity contribution in [3.05, 3.63) is 22.9 Å². The molecule has 35 heavy (non-hydrogen) atoms. The standard InChI is InChI=1S/C23H24BrFN6O3S/c24-14-8-16-17(34-11-33-16)9-18(14)35-23-28-19-20(26)27-10-31(21(19)29-23)6-3-12-1-4-30(5-2-12)22(32)13-7-15(13)25/h8-10,12-13,15H,1-7,11H2,(H2,26,28,29)/p+1/t13-,15-/m0/s1. The number of nitrogens with two attached hydrogens (primary N) is 1. The first-order valence-corrected chi connectivity index (χ1v) is 13.3. The molecule has 9 nitrogen and oxygen atoms in total. The number of nitrogen functional groups attached to an aromatic ring is 1. The van der Waals surface area contributed by atoms with Gasteiger partial charge in [-0.05, 0) is 71.4 Å². The number of rotatable bonds is 6. The lowest BCUT2D eigenvalue weighted by Gasteiger charge is -2.32. The Balaban J connectivity index is 1.13. The number of hydrogen-bond acceptors (Lipinski definition) is 7. The third-order valence-electron chi connectivity index (χ3n) is 6.90. The maximum absolute atomic E-state index is 13.2. The number of amides is 1. The number of nitrogens with zero attached hydrogens (tertiary/aromatic N) is 4. The lowest BCUT2D eigenvalue weighted by Crippen LogP contribution is -2.41. The molecular weight excluding hydrogens is 539 g/mol. The molecule has 2 aliphatic heterocycles. The molecule has 3 aliphatic rings. The number of likely N-dealkylation sites (tertiary alicyclic amines) is 1. The third-order valence-corrected chi connectivity index (χ3v) is 8.76. The molecule has 1 saturated carbocycles. The van der Waals surface area contributed by atoms with E-state index in [2.05, 4.69) is 25.9 Å². The van der Waals surface area contributed by atoms with E-state index in [1.807, 2.05) is 21.6 Å². The van der Waals surface area contributed by atoms with Crippen molar-refractivity contribution < 1.29 is 23.2 Å². The topological polar surface area (TPSA) is 110 Å². The number of hydrogen-bond donors (Lipinski definition) is 2. The number of aromatic nitrogens is 4. The monoisotopic (exact) mass is 563 g/mol. The normalized spacial score (nSPS) is 21.6. The second-order valence-corrected chi connectivity index (χ2v) is 11.1. The van der Waals surface area contributed by atoms with E-state index >= 15 is 0 Å². The first kappa shape index (κ1) is 22.8. The summed E-state index contributed by atoms with van der Waals surface area (Å²) >= 11 is 5.06. The van der Waals surface area contributed by atoms with Crippen LogP contribution in [-0.4, -0.2) is 51.8 Å². The summed E-state index contributed by atoms with van der Waals surface area (Å²) in [5, 5.41) is 0.700. The summed E-state index contributed by atoms with van der Waals surface area (Å²) in [4.78, 5) is 27.5. The Morgan fingerprint density at radius 3 is 2.80 bits per heavy atom. The average Bonchev–Trinajstić information content (AvgIpc) is 3.21. The Kier molecular flexibility index (Phi) is 5.95. The van der Waals surface area contributed by atoms with Gasteiger partial charge in [0.2, 0.25) is 30.0 Å². The quantitative estimate of drug-likeness (QED) is 0.442.